The molecule has 2 heterocycles. The SMILES string of the molecule is c1ccc2oc(COc3ccc(-c4ccsc4)cc3)nc2c1. The van der Waals surface area contributed by atoms with Gasteiger partial charge in [-0.3, -0.25) is 0 Å². The smallest absolute Gasteiger partial charge is 0.233 e. The first-order valence-electron chi connectivity index (χ1n) is 6.98. The molecule has 0 bridgehead atoms. The number of rotatable bonds is 4. The summed E-state index contributed by atoms with van der Waals surface area (Å²) in [5.74, 6) is 1.39. The molecule has 0 fully saturated rings. The molecule has 0 saturated carbocycles. The lowest BCUT2D eigenvalue weighted by Gasteiger charge is -2.04. The fourth-order valence-corrected chi connectivity index (χ4v) is 2.96. The van der Waals surface area contributed by atoms with Crippen molar-refractivity contribution in [3.63, 3.8) is 0 Å². The Bertz CT molecular complexity index is 846. The van der Waals surface area contributed by atoms with E-state index in [-0.39, 0.29) is 0 Å². The number of thiophene rings is 1. The van der Waals surface area contributed by atoms with Gasteiger partial charge in [-0.1, -0.05) is 24.3 Å². The number of oxazole rings is 1. The molecule has 3 nitrogen and oxygen atoms in total. The number of nitrogens with zero attached hydrogens (tertiary/aromatic N) is 1. The van der Waals surface area contributed by atoms with Crippen LogP contribution in [0.25, 0.3) is 22.2 Å². The van der Waals surface area contributed by atoms with Crippen LogP contribution in [0.5, 0.6) is 5.75 Å². The highest BCUT2D eigenvalue weighted by Crippen LogP contribution is 2.25. The third-order valence-corrected chi connectivity index (χ3v) is 4.09. The lowest BCUT2D eigenvalue weighted by atomic mass is 10.1. The molecule has 2 aromatic heterocycles. The second-order valence-corrected chi connectivity index (χ2v) is 5.68. The number of fused-ring (bicyclic) bond motifs is 1. The van der Waals surface area contributed by atoms with Gasteiger partial charge in [0.05, 0.1) is 0 Å². The zero-order valence-electron chi connectivity index (χ0n) is 11.7. The van der Waals surface area contributed by atoms with Crippen molar-refractivity contribution in [2.75, 3.05) is 0 Å². The van der Waals surface area contributed by atoms with Gasteiger partial charge in [0.25, 0.3) is 0 Å². The number of ether oxygens (including phenoxy) is 1. The Labute approximate surface area is 131 Å². The van der Waals surface area contributed by atoms with Crippen molar-refractivity contribution in [1.82, 2.24) is 4.98 Å². The largest absolute Gasteiger partial charge is 0.484 e. The van der Waals surface area contributed by atoms with Crippen LogP contribution in [0.4, 0.5) is 0 Å². The molecule has 4 aromatic rings. The molecule has 2 aromatic carbocycles. The number of benzene rings is 2. The van der Waals surface area contributed by atoms with E-state index in [9.17, 15) is 0 Å². The van der Waals surface area contributed by atoms with Crippen molar-refractivity contribution in [2.45, 2.75) is 6.61 Å². The van der Waals surface area contributed by atoms with E-state index >= 15 is 0 Å². The van der Waals surface area contributed by atoms with Crippen LogP contribution in [0.2, 0.25) is 0 Å². The van der Waals surface area contributed by atoms with Gasteiger partial charge in [-0.25, -0.2) is 4.98 Å². The van der Waals surface area contributed by atoms with E-state index < -0.39 is 0 Å². The quantitative estimate of drug-likeness (QED) is 0.524. The van der Waals surface area contributed by atoms with Gasteiger partial charge >= 0.3 is 0 Å². The highest BCUT2D eigenvalue weighted by Gasteiger charge is 2.06. The summed E-state index contributed by atoms with van der Waals surface area (Å²) < 4.78 is 11.4. The van der Waals surface area contributed by atoms with Crippen molar-refractivity contribution < 1.29 is 9.15 Å². The van der Waals surface area contributed by atoms with Crippen LogP contribution in [-0.4, -0.2) is 4.98 Å². The van der Waals surface area contributed by atoms with Crippen LogP contribution < -0.4 is 4.74 Å². The molecule has 0 radical (unpaired) electrons. The van der Waals surface area contributed by atoms with E-state index in [4.69, 9.17) is 9.15 Å². The molecule has 22 heavy (non-hydrogen) atoms. The maximum Gasteiger partial charge on any atom is 0.233 e. The fourth-order valence-electron chi connectivity index (χ4n) is 2.30. The van der Waals surface area contributed by atoms with Gasteiger partial charge in [-0.15, -0.1) is 0 Å². The summed E-state index contributed by atoms with van der Waals surface area (Å²) in [4.78, 5) is 4.40. The van der Waals surface area contributed by atoms with Crippen molar-refractivity contribution >= 4 is 22.4 Å². The van der Waals surface area contributed by atoms with Gasteiger partial charge < -0.3 is 9.15 Å². The maximum atomic E-state index is 5.74. The minimum absolute atomic E-state index is 0.326. The van der Waals surface area contributed by atoms with E-state index in [0.717, 1.165) is 16.8 Å². The molecule has 0 N–H and O–H groups in total. The van der Waals surface area contributed by atoms with Crippen LogP contribution in [0, 0.1) is 0 Å². The van der Waals surface area contributed by atoms with Gasteiger partial charge in [-0.05, 0) is 52.2 Å². The Balaban J connectivity index is 1.47. The van der Waals surface area contributed by atoms with Crippen LogP contribution in [0.15, 0.2) is 69.8 Å². The normalized spacial score (nSPS) is 10.9. The van der Waals surface area contributed by atoms with E-state index in [1.807, 2.05) is 36.4 Å². The minimum atomic E-state index is 0.326. The highest BCUT2D eigenvalue weighted by atomic mass is 32.1. The minimum Gasteiger partial charge on any atom is -0.484 e. The molecule has 4 heteroatoms. The van der Waals surface area contributed by atoms with Gasteiger partial charge in [-0.2, -0.15) is 11.3 Å². The molecule has 0 aliphatic carbocycles. The molecule has 0 spiro atoms. The highest BCUT2D eigenvalue weighted by molar-refractivity contribution is 7.08. The van der Waals surface area contributed by atoms with E-state index in [0.29, 0.717) is 12.5 Å². The van der Waals surface area contributed by atoms with Crippen LogP contribution in [0.3, 0.4) is 0 Å². The summed E-state index contributed by atoms with van der Waals surface area (Å²) in [5, 5.41) is 4.21. The first-order valence-corrected chi connectivity index (χ1v) is 7.93. The summed E-state index contributed by atoms with van der Waals surface area (Å²) in [5.41, 5.74) is 4.06. The first-order chi connectivity index (χ1) is 10.9. The number of hydrogen-bond donors (Lipinski definition) is 0. The molecule has 0 aliphatic heterocycles. The Morgan fingerprint density at radius 1 is 0.955 bits per heavy atom. The van der Waals surface area contributed by atoms with Gasteiger partial charge in [0.2, 0.25) is 5.89 Å². The van der Waals surface area contributed by atoms with Crippen molar-refractivity contribution in [3.05, 3.63) is 71.2 Å². The summed E-state index contributed by atoms with van der Waals surface area (Å²) in [6.45, 7) is 0.326. The topological polar surface area (TPSA) is 35.3 Å². The molecule has 0 unspecified atom stereocenters. The average Bonchev–Trinajstić information content (AvgIpc) is 3.22. The lowest BCUT2D eigenvalue weighted by molar-refractivity contribution is 0.267. The van der Waals surface area contributed by atoms with Crippen LogP contribution in [-0.2, 0) is 6.61 Å². The van der Waals surface area contributed by atoms with Crippen molar-refractivity contribution in [2.24, 2.45) is 0 Å². The predicted molar refractivity (Wildman–Crippen MR) is 88.1 cm³/mol. The standard InChI is InChI=1S/C18H13NO2S/c1-2-4-17-16(3-1)19-18(21-17)11-20-15-7-5-13(6-8-15)14-9-10-22-12-14/h1-10,12H,11H2. The summed E-state index contributed by atoms with van der Waals surface area (Å²) in [7, 11) is 0. The summed E-state index contributed by atoms with van der Waals surface area (Å²) in [6, 6.07) is 17.9. The zero-order valence-corrected chi connectivity index (χ0v) is 12.5. The lowest BCUT2D eigenvalue weighted by Crippen LogP contribution is -1.95. The second kappa shape index (κ2) is 5.66. The van der Waals surface area contributed by atoms with E-state index in [1.54, 1.807) is 11.3 Å². The number of para-hydroxylation sites is 2. The third kappa shape index (κ3) is 2.61. The number of hydrogen-bond acceptors (Lipinski definition) is 4. The van der Waals surface area contributed by atoms with Gasteiger partial charge in [0, 0.05) is 0 Å². The molecule has 4 rings (SSSR count). The monoisotopic (exact) mass is 307 g/mol. The zero-order chi connectivity index (χ0) is 14.8. The fraction of sp³-hybridized carbons (Fsp3) is 0.0556. The molecular weight excluding hydrogens is 294 g/mol. The van der Waals surface area contributed by atoms with Crippen LogP contribution >= 0.6 is 11.3 Å². The Kier molecular flexibility index (Phi) is 3.37. The van der Waals surface area contributed by atoms with E-state index in [1.165, 1.54) is 11.1 Å². The van der Waals surface area contributed by atoms with E-state index in [2.05, 4.69) is 33.9 Å². The van der Waals surface area contributed by atoms with Crippen molar-refractivity contribution in [3.8, 4) is 16.9 Å². The van der Waals surface area contributed by atoms with Crippen molar-refractivity contribution in [1.29, 1.82) is 0 Å². The Morgan fingerprint density at radius 2 is 1.82 bits per heavy atom. The van der Waals surface area contributed by atoms with Crippen LogP contribution in [0.1, 0.15) is 5.89 Å². The molecule has 0 saturated heterocycles. The third-order valence-electron chi connectivity index (χ3n) is 3.41. The molecule has 108 valence electrons. The Morgan fingerprint density at radius 3 is 2.59 bits per heavy atom. The predicted octanol–water partition coefficient (Wildman–Crippen LogP) is 5.14. The second-order valence-electron chi connectivity index (χ2n) is 4.90. The maximum absolute atomic E-state index is 5.74. The van der Waals surface area contributed by atoms with Gasteiger partial charge in [0.1, 0.15) is 11.3 Å². The first kappa shape index (κ1) is 13.1. The number of aromatic nitrogens is 1. The molecule has 0 atom stereocenters. The summed E-state index contributed by atoms with van der Waals surface area (Å²) >= 11 is 1.70. The summed E-state index contributed by atoms with van der Waals surface area (Å²) in [6.07, 6.45) is 0. The molecule has 0 amide bonds. The van der Waals surface area contributed by atoms with Gasteiger partial charge in [0.15, 0.2) is 12.2 Å². The Hall–Kier alpha value is -2.59. The molecule has 0 aliphatic rings. The average molecular weight is 307 g/mol. The molecular formula is C18H13NO2S.